The molecule has 0 spiro atoms. The van der Waals surface area contributed by atoms with E-state index in [0.717, 1.165) is 26.9 Å². The molecule has 1 N–H and O–H groups in total. The highest BCUT2D eigenvalue weighted by atomic mass is 32.1. The highest BCUT2D eigenvalue weighted by Crippen LogP contribution is 2.30. The summed E-state index contributed by atoms with van der Waals surface area (Å²) in [5, 5.41) is 11.9. The predicted molar refractivity (Wildman–Crippen MR) is 83.8 cm³/mol. The third kappa shape index (κ3) is 3.53. The molecule has 3 aromatic rings. The summed E-state index contributed by atoms with van der Waals surface area (Å²) >= 11 is 3.11. The number of pyridine rings is 1. The molecular formula is C15H12N2O2S2. The molecule has 0 radical (unpaired) electrons. The van der Waals surface area contributed by atoms with Crippen molar-refractivity contribution < 1.29 is 9.90 Å². The van der Waals surface area contributed by atoms with Gasteiger partial charge in [0, 0.05) is 29.1 Å². The van der Waals surface area contributed by atoms with Gasteiger partial charge in [-0.2, -0.15) is 0 Å². The Morgan fingerprint density at radius 3 is 2.76 bits per heavy atom. The molecule has 0 atom stereocenters. The highest BCUT2D eigenvalue weighted by molar-refractivity contribution is 7.16. The number of carboxylic acids is 1. The first-order valence-electron chi connectivity index (χ1n) is 6.35. The second-order valence-corrected chi connectivity index (χ2v) is 6.61. The number of aliphatic carboxylic acids is 1. The van der Waals surface area contributed by atoms with E-state index in [1.165, 1.54) is 16.9 Å². The van der Waals surface area contributed by atoms with Crippen LogP contribution >= 0.6 is 22.7 Å². The Labute approximate surface area is 129 Å². The Bertz CT molecular complexity index is 750. The van der Waals surface area contributed by atoms with E-state index in [9.17, 15) is 4.79 Å². The molecule has 0 saturated carbocycles. The van der Waals surface area contributed by atoms with Crippen LogP contribution in [-0.4, -0.2) is 21.0 Å². The van der Waals surface area contributed by atoms with E-state index < -0.39 is 5.97 Å². The van der Waals surface area contributed by atoms with E-state index in [1.54, 1.807) is 23.7 Å². The van der Waals surface area contributed by atoms with E-state index in [2.05, 4.69) is 9.97 Å². The second-order valence-electron chi connectivity index (χ2n) is 4.50. The normalized spacial score (nSPS) is 10.7. The Balaban J connectivity index is 1.75. The molecule has 4 nitrogen and oxygen atoms in total. The molecule has 106 valence electrons. The van der Waals surface area contributed by atoms with Crippen LogP contribution in [-0.2, 0) is 17.6 Å². The number of thiazole rings is 1. The molecule has 0 aliphatic rings. The maximum Gasteiger partial charge on any atom is 0.308 e. The predicted octanol–water partition coefficient (Wildman–Crippen LogP) is 3.48. The van der Waals surface area contributed by atoms with Crippen LogP contribution in [0.25, 0.3) is 10.6 Å². The molecule has 0 saturated heterocycles. The van der Waals surface area contributed by atoms with Gasteiger partial charge in [-0.3, -0.25) is 9.78 Å². The third-order valence-electron chi connectivity index (χ3n) is 2.90. The van der Waals surface area contributed by atoms with Gasteiger partial charge in [-0.25, -0.2) is 4.98 Å². The number of rotatable bonds is 5. The fourth-order valence-electron chi connectivity index (χ4n) is 1.94. The molecule has 3 aromatic heterocycles. The lowest BCUT2D eigenvalue weighted by molar-refractivity contribution is -0.136. The van der Waals surface area contributed by atoms with Crippen LogP contribution in [0.2, 0.25) is 0 Å². The summed E-state index contributed by atoms with van der Waals surface area (Å²) in [5.74, 6) is -0.806. The number of carboxylic acid groups (broad SMARTS) is 1. The largest absolute Gasteiger partial charge is 0.481 e. The monoisotopic (exact) mass is 316 g/mol. The second kappa shape index (κ2) is 6.15. The Kier molecular flexibility index (Phi) is 4.08. The fraction of sp³-hybridized carbons (Fsp3) is 0.133. The number of hydrogen-bond donors (Lipinski definition) is 1. The smallest absolute Gasteiger partial charge is 0.308 e. The number of aromatic nitrogens is 2. The molecule has 0 aromatic carbocycles. The van der Waals surface area contributed by atoms with Crippen LogP contribution in [0.1, 0.15) is 15.4 Å². The minimum atomic E-state index is -0.806. The summed E-state index contributed by atoms with van der Waals surface area (Å²) in [7, 11) is 0. The molecule has 0 amide bonds. The number of thiophene rings is 1. The fourth-order valence-corrected chi connectivity index (χ4v) is 3.80. The third-order valence-corrected chi connectivity index (χ3v) is 4.85. The van der Waals surface area contributed by atoms with E-state index in [-0.39, 0.29) is 6.42 Å². The minimum Gasteiger partial charge on any atom is -0.481 e. The Morgan fingerprint density at radius 2 is 2.00 bits per heavy atom. The maximum absolute atomic E-state index is 10.7. The number of nitrogens with zero attached hydrogens (tertiary/aromatic N) is 2. The van der Waals surface area contributed by atoms with E-state index in [1.807, 2.05) is 29.6 Å². The van der Waals surface area contributed by atoms with Gasteiger partial charge >= 0.3 is 5.97 Å². The van der Waals surface area contributed by atoms with Crippen molar-refractivity contribution in [2.24, 2.45) is 0 Å². The van der Waals surface area contributed by atoms with E-state index in [4.69, 9.17) is 5.11 Å². The van der Waals surface area contributed by atoms with Gasteiger partial charge < -0.3 is 5.11 Å². The molecule has 0 bridgehead atoms. The SMILES string of the molecule is O=C(O)Cc1ccc(-c2csc(Cc3ccncc3)n2)s1. The van der Waals surface area contributed by atoms with E-state index in [0.29, 0.717) is 0 Å². The Morgan fingerprint density at radius 1 is 1.19 bits per heavy atom. The standard InChI is InChI=1S/C15H12N2O2S2/c18-15(19)8-11-1-2-13(21-11)12-9-20-14(17-12)7-10-3-5-16-6-4-10/h1-6,9H,7-8H2,(H,18,19). The lowest BCUT2D eigenvalue weighted by Crippen LogP contribution is -1.96. The summed E-state index contributed by atoms with van der Waals surface area (Å²) in [5.41, 5.74) is 2.11. The van der Waals surface area contributed by atoms with Crippen LogP contribution < -0.4 is 0 Å². The minimum absolute atomic E-state index is 0.0681. The molecule has 0 aliphatic heterocycles. The average Bonchev–Trinajstić information content (AvgIpc) is 3.08. The zero-order valence-electron chi connectivity index (χ0n) is 11.0. The van der Waals surface area contributed by atoms with Crippen molar-refractivity contribution in [3.05, 3.63) is 57.5 Å². The van der Waals surface area contributed by atoms with Gasteiger partial charge in [-0.1, -0.05) is 0 Å². The van der Waals surface area contributed by atoms with E-state index >= 15 is 0 Å². The number of carbonyl (C=O) groups is 1. The summed E-state index contributed by atoms with van der Waals surface area (Å²) in [6.45, 7) is 0. The molecule has 21 heavy (non-hydrogen) atoms. The lowest BCUT2D eigenvalue weighted by Gasteiger charge is -1.95. The highest BCUT2D eigenvalue weighted by Gasteiger charge is 2.10. The zero-order chi connectivity index (χ0) is 14.7. The van der Waals surface area contributed by atoms with Crippen molar-refractivity contribution in [1.29, 1.82) is 0 Å². The summed E-state index contributed by atoms with van der Waals surface area (Å²) in [6.07, 6.45) is 4.42. The van der Waals surface area contributed by atoms with Crippen molar-refractivity contribution in [3.8, 4) is 10.6 Å². The van der Waals surface area contributed by atoms with Crippen molar-refractivity contribution in [1.82, 2.24) is 9.97 Å². The maximum atomic E-state index is 10.7. The topological polar surface area (TPSA) is 63.1 Å². The van der Waals surface area contributed by atoms with Crippen molar-refractivity contribution in [3.63, 3.8) is 0 Å². The van der Waals surface area contributed by atoms with Gasteiger partial charge in [0.15, 0.2) is 0 Å². The van der Waals surface area contributed by atoms with Crippen LogP contribution in [0.5, 0.6) is 0 Å². The van der Waals surface area contributed by atoms with Gasteiger partial charge in [-0.15, -0.1) is 22.7 Å². The molecule has 3 heterocycles. The van der Waals surface area contributed by atoms with Gasteiger partial charge in [0.1, 0.15) is 0 Å². The number of hydrogen-bond acceptors (Lipinski definition) is 5. The molecular weight excluding hydrogens is 304 g/mol. The molecule has 3 rings (SSSR count). The van der Waals surface area contributed by atoms with Crippen LogP contribution in [0, 0.1) is 0 Å². The van der Waals surface area contributed by atoms with Crippen LogP contribution in [0.3, 0.4) is 0 Å². The van der Waals surface area contributed by atoms with Crippen LogP contribution in [0.4, 0.5) is 0 Å². The van der Waals surface area contributed by atoms with Crippen LogP contribution in [0.15, 0.2) is 42.0 Å². The van der Waals surface area contributed by atoms with Gasteiger partial charge in [0.2, 0.25) is 0 Å². The molecule has 0 unspecified atom stereocenters. The first-order valence-corrected chi connectivity index (χ1v) is 8.04. The Hall–Kier alpha value is -2.05. The summed E-state index contributed by atoms with van der Waals surface area (Å²) in [6, 6.07) is 7.76. The summed E-state index contributed by atoms with van der Waals surface area (Å²) < 4.78 is 0. The molecule has 0 aliphatic carbocycles. The molecule has 6 heteroatoms. The van der Waals surface area contributed by atoms with Crippen molar-refractivity contribution in [2.75, 3.05) is 0 Å². The van der Waals surface area contributed by atoms with Gasteiger partial charge in [-0.05, 0) is 29.8 Å². The van der Waals surface area contributed by atoms with Gasteiger partial charge in [0.25, 0.3) is 0 Å². The average molecular weight is 316 g/mol. The quantitative estimate of drug-likeness (QED) is 0.782. The summed E-state index contributed by atoms with van der Waals surface area (Å²) in [4.78, 5) is 21.2. The molecule has 0 fully saturated rings. The zero-order valence-corrected chi connectivity index (χ0v) is 12.7. The van der Waals surface area contributed by atoms with Crippen molar-refractivity contribution >= 4 is 28.6 Å². The van der Waals surface area contributed by atoms with Crippen molar-refractivity contribution in [2.45, 2.75) is 12.8 Å². The van der Waals surface area contributed by atoms with Gasteiger partial charge in [0.05, 0.1) is 22.0 Å². The first kappa shape index (κ1) is 13.9. The first-order chi connectivity index (χ1) is 10.2. The lowest BCUT2D eigenvalue weighted by atomic mass is 10.2.